The van der Waals surface area contributed by atoms with Crippen LogP contribution in [0.3, 0.4) is 0 Å². The quantitative estimate of drug-likeness (QED) is 0.454. The highest BCUT2D eigenvalue weighted by atomic mass is 35.5. The lowest BCUT2D eigenvalue weighted by atomic mass is 10.0. The third kappa shape index (κ3) is 4.55. The van der Waals surface area contributed by atoms with Gasteiger partial charge in [0.2, 0.25) is 17.5 Å². The highest BCUT2D eigenvalue weighted by molar-refractivity contribution is 6.42. The van der Waals surface area contributed by atoms with Crippen LogP contribution in [0.15, 0.2) is 71.8 Å². The minimum atomic E-state index is -1.26. The number of nitrogens with zero attached hydrogens (tertiary/aromatic N) is 2. The minimum Gasteiger partial charge on any atom is -0.443 e. The highest BCUT2D eigenvalue weighted by Gasteiger charge is 2.45. The number of benzene rings is 3. The molecule has 4 rings (SSSR count). The molecular formula is C24H18Cl3N3O3. The molecular weight excluding hydrogens is 485 g/mol. The van der Waals surface area contributed by atoms with Gasteiger partial charge in [0.15, 0.2) is 0 Å². The number of carbonyl (C=O) groups is 2. The smallest absolute Gasteiger partial charge is 0.255 e. The Morgan fingerprint density at radius 2 is 1.67 bits per heavy atom. The molecule has 6 nitrogen and oxygen atoms in total. The largest absolute Gasteiger partial charge is 0.443 e. The Hall–Kier alpha value is -3.06. The van der Waals surface area contributed by atoms with Crippen LogP contribution in [-0.2, 0) is 15.3 Å². The maximum atomic E-state index is 12.8. The molecule has 3 aromatic carbocycles. The van der Waals surface area contributed by atoms with Crippen molar-refractivity contribution in [2.75, 3.05) is 5.32 Å². The molecule has 1 aliphatic rings. The summed E-state index contributed by atoms with van der Waals surface area (Å²) in [5.74, 6) is -0.486. The molecule has 0 spiro atoms. The number of hydrazone groups is 1. The lowest BCUT2D eigenvalue weighted by molar-refractivity contribution is -0.146. The van der Waals surface area contributed by atoms with Crippen LogP contribution in [0.2, 0.25) is 15.1 Å². The van der Waals surface area contributed by atoms with Gasteiger partial charge in [-0.05, 0) is 48.5 Å². The molecule has 0 bridgehead atoms. The van der Waals surface area contributed by atoms with E-state index in [-0.39, 0.29) is 17.7 Å². The van der Waals surface area contributed by atoms with E-state index < -0.39 is 5.72 Å². The van der Waals surface area contributed by atoms with E-state index >= 15 is 0 Å². The van der Waals surface area contributed by atoms with Gasteiger partial charge in [-0.2, -0.15) is 5.01 Å². The molecule has 0 fully saturated rings. The van der Waals surface area contributed by atoms with E-state index in [0.717, 1.165) is 0 Å². The Morgan fingerprint density at radius 1 is 0.970 bits per heavy atom. The van der Waals surface area contributed by atoms with E-state index in [2.05, 4.69) is 10.4 Å². The molecule has 33 heavy (non-hydrogen) atoms. The van der Waals surface area contributed by atoms with Crippen LogP contribution in [0.1, 0.15) is 35.3 Å². The molecule has 0 unspecified atom stereocenters. The Balaban J connectivity index is 1.69. The summed E-state index contributed by atoms with van der Waals surface area (Å²) in [5, 5.41) is 9.77. The molecule has 0 saturated carbocycles. The molecule has 1 aliphatic heterocycles. The lowest BCUT2D eigenvalue weighted by Crippen LogP contribution is -2.41. The van der Waals surface area contributed by atoms with E-state index in [4.69, 9.17) is 39.5 Å². The number of carbonyl (C=O) groups excluding carboxylic acids is 2. The molecule has 0 radical (unpaired) electrons. The van der Waals surface area contributed by atoms with Crippen molar-refractivity contribution in [1.29, 1.82) is 0 Å². The number of hydrogen-bond donors (Lipinski definition) is 1. The first-order valence-electron chi connectivity index (χ1n) is 9.89. The Morgan fingerprint density at radius 3 is 2.33 bits per heavy atom. The van der Waals surface area contributed by atoms with Crippen molar-refractivity contribution in [2.45, 2.75) is 19.6 Å². The average Bonchev–Trinajstić information content (AvgIpc) is 3.15. The summed E-state index contributed by atoms with van der Waals surface area (Å²) in [6, 6.07) is 18.5. The van der Waals surface area contributed by atoms with E-state index in [1.165, 1.54) is 11.9 Å². The van der Waals surface area contributed by atoms with Gasteiger partial charge in [0.05, 0.1) is 21.3 Å². The minimum absolute atomic E-state index is 0.172. The van der Waals surface area contributed by atoms with Crippen molar-refractivity contribution in [3.8, 4) is 0 Å². The van der Waals surface area contributed by atoms with Crippen molar-refractivity contribution < 1.29 is 14.3 Å². The summed E-state index contributed by atoms with van der Waals surface area (Å²) in [4.78, 5) is 25.2. The van der Waals surface area contributed by atoms with Crippen LogP contribution < -0.4 is 5.32 Å². The molecule has 0 saturated heterocycles. The SMILES string of the molecule is CC(=O)N1N=C(c2ccccc2NC(=O)c2ccc(Cl)cc2)O[C@@]1(C)c1ccc(Cl)c(Cl)c1. The van der Waals surface area contributed by atoms with Gasteiger partial charge in [0, 0.05) is 30.0 Å². The van der Waals surface area contributed by atoms with Crippen molar-refractivity contribution in [3.05, 3.63) is 98.5 Å². The number of halogens is 3. The summed E-state index contributed by atoms with van der Waals surface area (Å²) in [5.41, 5.74) is 0.749. The van der Waals surface area contributed by atoms with E-state index in [1.54, 1.807) is 73.7 Å². The second-order valence-electron chi connectivity index (χ2n) is 7.46. The maximum Gasteiger partial charge on any atom is 0.255 e. The molecule has 0 aliphatic carbocycles. The van der Waals surface area contributed by atoms with E-state index in [9.17, 15) is 9.59 Å². The van der Waals surface area contributed by atoms with Crippen LogP contribution in [0.4, 0.5) is 5.69 Å². The van der Waals surface area contributed by atoms with Crippen LogP contribution in [0.5, 0.6) is 0 Å². The molecule has 1 atom stereocenters. The highest BCUT2D eigenvalue weighted by Crippen LogP contribution is 2.39. The summed E-state index contributed by atoms with van der Waals surface area (Å²) in [7, 11) is 0. The number of nitrogens with one attached hydrogen (secondary N) is 1. The third-order valence-electron chi connectivity index (χ3n) is 5.16. The Kier molecular flexibility index (Phi) is 6.34. The zero-order valence-electron chi connectivity index (χ0n) is 17.6. The first-order valence-corrected chi connectivity index (χ1v) is 11.0. The predicted octanol–water partition coefficient (Wildman–Crippen LogP) is 6.31. The van der Waals surface area contributed by atoms with Crippen molar-refractivity contribution >= 4 is 58.2 Å². The van der Waals surface area contributed by atoms with Gasteiger partial charge in [-0.25, -0.2) is 0 Å². The van der Waals surface area contributed by atoms with Gasteiger partial charge in [0.1, 0.15) is 0 Å². The number of hydrogen-bond acceptors (Lipinski definition) is 4. The second-order valence-corrected chi connectivity index (χ2v) is 8.71. The van der Waals surface area contributed by atoms with Crippen molar-refractivity contribution in [2.24, 2.45) is 5.10 Å². The predicted molar refractivity (Wildman–Crippen MR) is 130 cm³/mol. The van der Waals surface area contributed by atoms with Gasteiger partial charge in [-0.1, -0.05) is 53.0 Å². The summed E-state index contributed by atoms with van der Waals surface area (Å²) in [6.07, 6.45) is 0. The topological polar surface area (TPSA) is 71.0 Å². The normalized spacial score (nSPS) is 17.4. The second kappa shape index (κ2) is 9.06. The first-order chi connectivity index (χ1) is 15.7. The number of para-hydroxylation sites is 1. The third-order valence-corrected chi connectivity index (χ3v) is 6.15. The van der Waals surface area contributed by atoms with Gasteiger partial charge in [-0.15, -0.1) is 5.10 Å². The summed E-state index contributed by atoms with van der Waals surface area (Å²) < 4.78 is 6.22. The van der Waals surface area contributed by atoms with Gasteiger partial charge in [-0.3, -0.25) is 9.59 Å². The molecule has 2 amide bonds. The Labute approximate surface area is 205 Å². The summed E-state index contributed by atoms with van der Waals surface area (Å²) in [6.45, 7) is 3.10. The lowest BCUT2D eigenvalue weighted by Gasteiger charge is -2.31. The average molecular weight is 503 g/mol. The molecule has 9 heteroatoms. The van der Waals surface area contributed by atoms with E-state index in [1.807, 2.05) is 0 Å². The van der Waals surface area contributed by atoms with E-state index in [0.29, 0.717) is 37.4 Å². The standard InChI is InChI=1S/C24H18Cl3N3O3/c1-14(31)30-24(2,16-9-12-19(26)20(27)13-16)33-23(29-30)18-5-3-4-6-21(18)28-22(32)15-7-10-17(25)11-8-15/h3-13H,1-2H3,(H,28,32)/t24-/m0/s1. The molecule has 1 heterocycles. The zero-order chi connectivity index (χ0) is 23.8. The van der Waals surface area contributed by atoms with Gasteiger partial charge in [0.25, 0.3) is 5.91 Å². The number of anilines is 1. The number of ether oxygens (including phenoxy) is 1. The maximum absolute atomic E-state index is 12.8. The fourth-order valence-electron chi connectivity index (χ4n) is 3.46. The monoisotopic (exact) mass is 501 g/mol. The van der Waals surface area contributed by atoms with Crippen LogP contribution in [-0.4, -0.2) is 22.7 Å². The van der Waals surface area contributed by atoms with Gasteiger partial charge < -0.3 is 10.1 Å². The Bertz CT molecular complexity index is 1280. The zero-order valence-corrected chi connectivity index (χ0v) is 19.9. The first kappa shape index (κ1) is 23.1. The molecule has 168 valence electrons. The molecule has 3 aromatic rings. The summed E-state index contributed by atoms with van der Waals surface area (Å²) >= 11 is 18.2. The van der Waals surface area contributed by atoms with Gasteiger partial charge >= 0.3 is 0 Å². The molecule has 0 aromatic heterocycles. The van der Waals surface area contributed by atoms with Crippen molar-refractivity contribution in [3.63, 3.8) is 0 Å². The van der Waals surface area contributed by atoms with Crippen LogP contribution >= 0.6 is 34.8 Å². The fourth-order valence-corrected chi connectivity index (χ4v) is 3.88. The van der Waals surface area contributed by atoms with Crippen LogP contribution in [0.25, 0.3) is 0 Å². The number of rotatable bonds is 4. The van der Waals surface area contributed by atoms with Crippen LogP contribution in [0, 0.1) is 0 Å². The fraction of sp³-hybridized carbons (Fsp3) is 0.125. The number of amides is 2. The molecule has 1 N–H and O–H groups in total. The van der Waals surface area contributed by atoms with Crippen molar-refractivity contribution in [1.82, 2.24) is 5.01 Å².